The number of benzene rings is 2. The lowest BCUT2D eigenvalue weighted by Crippen LogP contribution is -2.45. The molecule has 1 aliphatic heterocycles. The van der Waals surface area contributed by atoms with Crippen LogP contribution in [0.15, 0.2) is 48.5 Å². The minimum Gasteiger partial charge on any atom is -0.497 e. The van der Waals surface area contributed by atoms with Crippen LogP contribution in [0.5, 0.6) is 11.5 Å². The molecule has 1 saturated heterocycles. The van der Waals surface area contributed by atoms with E-state index < -0.39 is 0 Å². The number of ether oxygens (including phenoxy) is 2. The molecule has 6 nitrogen and oxygen atoms in total. The van der Waals surface area contributed by atoms with Gasteiger partial charge in [-0.15, -0.1) is 0 Å². The molecule has 0 unspecified atom stereocenters. The number of nitrogens with zero attached hydrogens (tertiary/aromatic N) is 1. The monoisotopic (exact) mass is 382 g/mol. The number of ketones is 1. The summed E-state index contributed by atoms with van der Waals surface area (Å²) in [6, 6.07) is 14.8. The molecule has 0 atom stereocenters. The lowest BCUT2D eigenvalue weighted by molar-refractivity contribution is 0.0854. The van der Waals surface area contributed by atoms with Crippen LogP contribution >= 0.6 is 0 Å². The summed E-state index contributed by atoms with van der Waals surface area (Å²) in [4.78, 5) is 26.9. The first-order valence-electron chi connectivity index (χ1n) is 9.44. The van der Waals surface area contributed by atoms with Gasteiger partial charge in [0, 0.05) is 31.1 Å². The second kappa shape index (κ2) is 9.26. The standard InChI is InChI=1S/C22H26N2O4/c1-27-19-8-6-16(7-9-19)15-23-22(26)24-12-10-17(11-13-24)21(25)18-4-3-5-20(14-18)28-2/h3-9,14,17H,10-13,15H2,1-2H3,(H,23,26). The number of rotatable bonds is 6. The molecule has 1 fully saturated rings. The van der Waals surface area contributed by atoms with Gasteiger partial charge in [0.15, 0.2) is 5.78 Å². The van der Waals surface area contributed by atoms with E-state index in [0.29, 0.717) is 43.8 Å². The highest BCUT2D eigenvalue weighted by molar-refractivity contribution is 5.98. The van der Waals surface area contributed by atoms with Crippen LogP contribution in [0.3, 0.4) is 0 Å². The number of carbonyl (C=O) groups is 2. The Labute approximate surface area is 165 Å². The van der Waals surface area contributed by atoms with Crippen molar-refractivity contribution < 1.29 is 19.1 Å². The summed E-state index contributed by atoms with van der Waals surface area (Å²) < 4.78 is 10.3. The molecule has 0 saturated carbocycles. The Morgan fingerprint density at radius 2 is 1.68 bits per heavy atom. The number of methoxy groups -OCH3 is 2. The zero-order chi connectivity index (χ0) is 19.9. The number of Topliss-reactive ketones (excluding diaryl/α,β-unsaturated/α-hetero) is 1. The van der Waals surface area contributed by atoms with Crippen LogP contribution in [0.2, 0.25) is 0 Å². The third kappa shape index (κ3) is 4.82. The van der Waals surface area contributed by atoms with Gasteiger partial charge in [-0.25, -0.2) is 4.79 Å². The summed E-state index contributed by atoms with van der Waals surface area (Å²) in [5.41, 5.74) is 1.68. The topological polar surface area (TPSA) is 67.9 Å². The summed E-state index contributed by atoms with van der Waals surface area (Å²) in [6.07, 6.45) is 1.35. The molecule has 0 radical (unpaired) electrons. The van der Waals surface area contributed by atoms with Crippen molar-refractivity contribution in [2.75, 3.05) is 27.3 Å². The van der Waals surface area contributed by atoms with Crippen LogP contribution in [0, 0.1) is 5.92 Å². The molecule has 3 rings (SSSR count). The largest absolute Gasteiger partial charge is 0.497 e. The first-order chi connectivity index (χ1) is 13.6. The Kier molecular flexibility index (Phi) is 6.53. The number of piperidine rings is 1. The van der Waals surface area contributed by atoms with Crippen molar-refractivity contribution in [1.29, 1.82) is 0 Å². The number of carbonyl (C=O) groups excluding carboxylic acids is 2. The molecule has 2 amide bonds. The number of amides is 2. The van der Waals surface area contributed by atoms with Crippen molar-refractivity contribution in [1.82, 2.24) is 10.2 Å². The molecule has 1 heterocycles. The molecule has 2 aromatic rings. The summed E-state index contributed by atoms with van der Waals surface area (Å²) in [5, 5.41) is 2.94. The molecule has 0 aromatic heterocycles. The van der Waals surface area contributed by atoms with Gasteiger partial charge in [-0.05, 0) is 42.7 Å². The van der Waals surface area contributed by atoms with Crippen LogP contribution in [0.1, 0.15) is 28.8 Å². The van der Waals surface area contributed by atoms with Crippen LogP contribution in [0.4, 0.5) is 4.79 Å². The van der Waals surface area contributed by atoms with Crippen molar-refractivity contribution >= 4 is 11.8 Å². The van der Waals surface area contributed by atoms with E-state index in [0.717, 1.165) is 11.3 Å². The summed E-state index contributed by atoms with van der Waals surface area (Å²) in [6.45, 7) is 1.62. The second-order valence-electron chi connectivity index (χ2n) is 6.86. The molecule has 0 aliphatic carbocycles. The van der Waals surface area contributed by atoms with Gasteiger partial charge in [-0.3, -0.25) is 4.79 Å². The molecule has 0 bridgehead atoms. The number of likely N-dealkylation sites (tertiary alicyclic amines) is 1. The number of hydrogen-bond acceptors (Lipinski definition) is 4. The van der Waals surface area contributed by atoms with Crippen molar-refractivity contribution in [3.8, 4) is 11.5 Å². The first-order valence-corrected chi connectivity index (χ1v) is 9.44. The average Bonchev–Trinajstić information content (AvgIpc) is 2.77. The van der Waals surface area contributed by atoms with E-state index in [9.17, 15) is 9.59 Å². The molecular weight excluding hydrogens is 356 g/mol. The SMILES string of the molecule is COc1ccc(CNC(=O)N2CCC(C(=O)c3cccc(OC)c3)CC2)cc1. The van der Waals surface area contributed by atoms with Gasteiger partial charge in [-0.2, -0.15) is 0 Å². The highest BCUT2D eigenvalue weighted by Crippen LogP contribution is 2.24. The fourth-order valence-electron chi connectivity index (χ4n) is 3.39. The molecular formula is C22H26N2O4. The van der Waals surface area contributed by atoms with Gasteiger partial charge in [0.1, 0.15) is 11.5 Å². The molecule has 6 heteroatoms. The van der Waals surface area contributed by atoms with Gasteiger partial charge < -0.3 is 19.7 Å². The van der Waals surface area contributed by atoms with E-state index in [4.69, 9.17) is 9.47 Å². The molecule has 148 valence electrons. The van der Waals surface area contributed by atoms with Crippen LogP contribution < -0.4 is 14.8 Å². The Morgan fingerprint density at radius 1 is 1.00 bits per heavy atom. The zero-order valence-corrected chi connectivity index (χ0v) is 16.3. The quantitative estimate of drug-likeness (QED) is 0.777. The van der Waals surface area contributed by atoms with E-state index in [-0.39, 0.29) is 17.7 Å². The molecule has 1 N–H and O–H groups in total. The number of urea groups is 1. The maximum Gasteiger partial charge on any atom is 0.317 e. The lowest BCUT2D eigenvalue weighted by atomic mass is 9.89. The lowest BCUT2D eigenvalue weighted by Gasteiger charge is -2.31. The molecule has 28 heavy (non-hydrogen) atoms. The van der Waals surface area contributed by atoms with Crippen molar-refractivity contribution in [3.05, 3.63) is 59.7 Å². The fraction of sp³-hybridized carbons (Fsp3) is 0.364. The highest BCUT2D eigenvalue weighted by Gasteiger charge is 2.28. The first kappa shape index (κ1) is 19.7. The van der Waals surface area contributed by atoms with E-state index in [1.165, 1.54) is 0 Å². The van der Waals surface area contributed by atoms with Gasteiger partial charge in [0.25, 0.3) is 0 Å². The summed E-state index contributed by atoms with van der Waals surface area (Å²) in [7, 11) is 3.21. The third-order valence-electron chi connectivity index (χ3n) is 5.11. The number of hydrogen-bond donors (Lipinski definition) is 1. The van der Waals surface area contributed by atoms with Gasteiger partial charge in [0.2, 0.25) is 0 Å². The second-order valence-corrected chi connectivity index (χ2v) is 6.86. The minimum atomic E-state index is -0.0944. The summed E-state index contributed by atoms with van der Waals surface area (Å²) >= 11 is 0. The maximum atomic E-state index is 12.7. The van der Waals surface area contributed by atoms with Crippen LogP contribution in [0.25, 0.3) is 0 Å². The molecule has 1 aliphatic rings. The Morgan fingerprint density at radius 3 is 2.32 bits per heavy atom. The van der Waals surface area contributed by atoms with Gasteiger partial charge >= 0.3 is 6.03 Å². The Balaban J connectivity index is 1.48. The summed E-state index contributed by atoms with van der Waals surface area (Å²) in [5.74, 6) is 1.54. The minimum absolute atomic E-state index is 0.0576. The normalized spacial score (nSPS) is 14.4. The van der Waals surface area contributed by atoms with Crippen molar-refractivity contribution in [3.63, 3.8) is 0 Å². The predicted octanol–water partition coefficient (Wildman–Crippen LogP) is 3.51. The molecule has 0 spiro atoms. The predicted molar refractivity (Wildman–Crippen MR) is 107 cm³/mol. The number of nitrogens with one attached hydrogen (secondary N) is 1. The van der Waals surface area contributed by atoms with Crippen molar-refractivity contribution in [2.24, 2.45) is 5.92 Å². The Bertz CT molecular complexity index is 812. The van der Waals surface area contributed by atoms with Crippen LogP contribution in [-0.2, 0) is 6.54 Å². The van der Waals surface area contributed by atoms with E-state index in [1.807, 2.05) is 42.5 Å². The van der Waals surface area contributed by atoms with E-state index >= 15 is 0 Å². The fourth-order valence-corrected chi connectivity index (χ4v) is 3.39. The van der Waals surface area contributed by atoms with Gasteiger partial charge in [-0.1, -0.05) is 24.3 Å². The highest BCUT2D eigenvalue weighted by atomic mass is 16.5. The zero-order valence-electron chi connectivity index (χ0n) is 16.3. The Hall–Kier alpha value is -3.02. The molecule has 2 aromatic carbocycles. The average molecular weight is 382 g/mol. The maximum absolute atomic E-state index is 12.7. The third-order valence-corrected chi connectivity index (χ3v) is 5.11. The van der Waals surface area contributed by atoms with Crippen molar-refractivity contribution in [2.45, 2.75) is 19.4 Å². The van der Waals surface area contributed by atoms with Gasteiger partial charge in [0.05, 0.1) is 14.2 Å². The smallest absolute Gasteiger partial charge is 0.317 e. The van der Waals surface area contributed by atoms with E-state index in [1.54, 1.807) is 25.2 Å². The van der Waals surface area contributed by atoms with Crippen LogP contribution in [-0.4, -0.2) is 44.0 Å². The van der Waals surface area contributed by atoms with E-state index in [2.05, 4.69) is 5.32 Å².